The number of piperazine rings is 1. The number of amides is 2. The Morgan fingerprint density at radius 2 is 1.59 bits per heavy atom. The Balaban J connectivity index is 1.64. The molecule has 2 heterocycles. The molecule has 0 aliphatic carbocycles. The molecule has 0 bridgehead atoms. The molecule has 3 aromatic rings. The number of hydrogen-bond acceptors (Lipinski definition) is 4. The van der Waals surface area contributed by atoms with Crippen LogP contribution in [-0.2, 0) is 21.4 Å². The van der Waals surface area contributed by atoms with Gasteiger partial charge in [-0.15, -0.1) is 11.3 Å². The summed E-state index contributed by atoms with van der Waals surface area (Å²) < 4.78 is 1.14. The van der Waals surface area contributed by atoms with Crippen molar-refractivity contribution in [2.45, 2.75) is 25.7 Å². The Bertz CT molecular complexity index is 992. The summed E-state index contributed by atoms with van der Waals surface area (Å²) in [6, 6.07) is 18.1. The summed E-state index contributed by atoms with van der Waals surface area (Å²) in [5.41, 5.74) is 1.27. The molecule has 150 valence electrons. The number of fused-ring (bicyclic) bond motifs is 1. The van der Waals surface area contributed by atoms with Gasteiger partial charge in [-0.1, -0.05) is 42.5 Å². The predicted molar refractivity (Wildman–Crippen MR) is 116 cm³/mol. The highest BCUT2D eigenvalue weighted by atomic mass is 32.1. The highest BCUT2D eigenvalue weighted by molar-refractivity contribution is 7.18. The monoisotopic (exact) mass is 407 g/mol. The zero-order chi connectivity index (χ0) is 20.4. The summed E-state index contributed by atoms with van der Waals surface area (Å²) in [5, 5.41) is 0.966. The van der Waals surface area contributed by atoms with E-state index in [0.717, 1.165) is 20.8 Å². The Hall–Kier alpha value is -2.73. The third-order valence-electron chi connectivity index (χ3n) is 5.74. The van der Waals surface area contributed by atoms with Gasteiger partial charge in [0.2, 0.25) is 11.8 Å². The Labute approximate surface area is 175 Å². The first-order valence-corrected chi connectivity index (χ1v) is 10.7. The van der Waals surface area contributed by atoms with E-state index in [4.69, 9.17) is 4.98 Å². The van der Waals surface area contributed by atoms with Gasteiger partial charge in [0.05, 0.1) is 20.6 Å². The van der Waals surface area contributed by atoms with Gasteiger partial charge >= 0.3 is 0 Å². The fourth-order valence-electron chi connectivity index (χ4n) is 3.98. The summed E-state index contributed by atoms with van der Waals surface area (Å²) in [5.74, 6) is 0.170. The molecule has 2 aromatic carbocycles. The molecule has 2 amide bonds. The normalized spacial score (nSPS) is 16.6. The predicted octanol–water partition coefficient (Wildman–Crippen LogP) is 3.49. The van der Waals surface area contributed by atoms with Crippen LogP contribution in [0.15, 0.2) is 54.6 Å². The molecule has 6 heteroatoms. The lowest BCUT2D eigenvalue weighted by molar-refractivity contribution is -0.142. The molecule has 1 saturated heterocycles. The standard InChI is InChI=1S/C23H25N3O2S/c1-17(27)25-12-14-26(15-13-25)22(28)23(2,18-8-4-3-5-9-18)16-21-24-19-10-6-7-11-20(19)29-21/h3-11H,12-16H2,1-2H3/t23-/m0/s1. The minimum Gasteiger partial charge on any atom is -0.339 e. The third-order valence-corrected chi connectivity index (χ3v) is 6.77. The van der Waals surface area contributed by atoms with Gasteiger partial charge in [0.15, 0.2) is 0 Å². The van der Waals surface area contributed by atoms with Crippen LogP contribution < -0.4 is 0 Å². The molecule has 4 rings (SSSR count). The van der Waals surface area contributed by atoms with Crippen LogP contribution >= 0.6 is 11.3 Å². The van der Waals surface area contributed by atoms with Crippen molar-refractivity contribution in [2.24, 2.45) is 0 Å². The number of nitrogens with zero attached hydrogens (tertiary/aromatic N) is 3. The van der Waals surface area contributed by atoms with Gasteiger partial charge in [0.25, 0.3) is 0 Å². The average molecular weight is 408 g/mol. The van der Waals surface area contributed by atoms with Crippen molar-refractivity contribution >= 4 is 33.4 Å². The van der Waals surface area contributed by atoms with Crippen molar-refractivity contribution in [3.63, 3.8) is 0 Å². The summed E-state index contributed by atoms with van der Waals surface area (Å²) in [6.45, 7) is 5.92. The number of para-hydroxylation sites is 1. The van der Waals surface area contributed by atoms with Crippen LogP contribution in [-0.4, -0.2) is 52.8 Å². The lowest BCUT2D eigenvalue weighted by Gasteiger charge is -2.39. The van der Waals surface area contributed by atoms with Crippen LogP contribution in [0.3, 0.4) is 0 Å². The molecule has 0 radical (unpaired) electrons. The summed E-state index contributed by atoms with van der Waals surface area (Å²) in [6.07, 6.45) is 0.558. The first-order chi connectivity index (χ1) is 14.0. The van der Waals surface area contributed by atoms with Crippen LogP contribution in [0.4, 0.5) is 0 Å². The molecule has 0 saturated carbocycles. The number of hydrogen-bond donors (Lipinski definition) is 0. The van der Waals surface area contributed by atoms with Crippen molar-refractivity contribution in [3.05, 3.63) is 65.2 Å². The number of carbonyl (C=O) groups excluding carboxylic acids is 2. The van der Waals surface area contributed by atoms with Crippen LogP contribution in [0.5, 0.6) is 0 Å². The fourth-order valence-corrected chi connectivity index (χ4v) is 5.10. The molecule has 1 aromatic heterocycles. The highest BCUT2D eigenvalue weighted by Crippen LogP contribution is 2.34. The van der Waals surface area contributed by atoms with Gasteiger partial charge in [0.1, 0.15) is 0 Å². The van der Waals surface area contributed by atoms with Crippen molar-refractivity contribution < 1.29 is 9.59 Å². The Kier molecular flexibility index (Phi) is 5.37. The van der Waals surface area contributed by atoms with Crippen LogP contribution in [0, 0.1) is 0 Å². The maximum atomic E-state index is 13.7. The molecule has 1 atom stereocenters. The number of rotatable bonds is 4. The molecular formula is C23H25N3O2S. The molecule has 5 nitrogen and oxygen atoms in total. The van der Waals surface area contributed by atoms with E-state index in [1.807, 2.05) is 60.4 Å². The smallest absolute Gasteiger partial charge is 0.233 e. The molecule has 1 aliphatic heterocycles. The number of thiazole rings is 1. The summed E-state index contributed by atoms with van der Waals surface area (Å²) in [4.78, 5) is 33.8. The van der Waals surface area contributed by atoms with Crippen molar-refractivity contribution in [1.82, 2.24) is 14.8 Å². The Morgan fingerprint density at radius 1 is 0.966 bits per heavy atom. The first-order valence-electron chi connectivity index (χ1n) is 9.92. The maximum Gasteiger partial charge on any atom is 0.233 e. The fraction of sp³-hybridized carbons (Fsp3) is 0.348. The topological polar surface area (TPSA) is 53.5 Å². The SMILES string of the molecule is CC(=O)N1CCN(C(=O)[C@@](C)(Cc2nc3ccccc3s2)c2ccccc2)CC1. The van der Waals surface area contributed by atoms with Crippen molar-refractivity contribution in [1.29, 1.82) is 0 Å². The molecule has 29 heavy (non-hydrogen) atoms. The molecule has 0 N–H and O–H groups in total. The van der Waals surface area contributed by atoms with E-state index in [1.165, 1.54) is 0 Å². The van der Waals surface area contributed by atoms with E-state index < -0.39 is 5.41 Å². The highest BCUT2D eigenvalue weighted by Gasteiger charge is 2.40. The van der Waals surface area contributed by atoms with Crippen LogP contribution in [0.2, 0.25) is 0 Å². The van der Waals surface area contributed by atoms with E-state index in [2.05, 4.69) is 6.07 Å². The maximum absolute atomic E-state index is 13.7. The first kappa shape index (κ1) is 19.6. The molecule has 0 spiro atoms. The average Bonchev–Trinajstić information content (AvgIpc) is 3.16. The Morgan fingerprint density at radius 3 is 2.24 bits per heavy atom. The lowest BCUT2D eigenvalue weighted by Crippen LogP contribution is -2.55. The number of carbonyl (C=O) groups is 2. The van der Waals surface area contributed by atoms with Gasteiger partial charge in [-0.05, 0) is 24.6 Å². The summed E-state index contributed by atoms with van der Waals surface area (Å²) in [7, 11) is 0. The van der Waals surface area contributed by atoms with Gasteiger partial charge in [-0.2, -0.15) is 0 Å². The van der Waals surface area contributed by atoms with Gasteiger partial charge in [-0.3, -0.25) is 9.59 Å². The van der Waals surface area contributed by atoms with Gasteiger partial charge < -0.3 is 9.80 Å². The van der Waals surface area contributed by atoms with Crippen LogP contribution in [0.1, 0.15) is 24.4 Å². The summed E-state index contributed by atoms with van der Waals surface area (Å²) >= 11 is 1.65. The van der Waals surface area contributed by atoms with Gasteiger partial charge in [-0.25, -0.2) is 4.98 Å². The van der Waals surface area contributed by atoms with Crippen molar-refractivity contribution in [2.75, 3.05) is 26.2 Å². The zero-order valence-electron chi connectivity index (χ0n) is 16.8. The second kappa shape index (κ2) is 7.95. The molecule has 0 unspecified atom stereocenters. The van der Waals surface area contributed by atoms with Gasteiger partial charge in [0, 0.05) is 39.5 Å². The van der Waals surface area contributed by atoms with E-state index in [0.29, 0.717) is 32.6 Å². The second-order valence-electron chi connectivity index (χ2n) is 7.75. The third kappa shape index (κ3) is 3.90. The zero-order valence-corrected chi connectivity index (χ0v) is 17.6. The minimum atomic E-state index is -0.701. The quantitative estimate of drug-likeness (QED) is 0.665. The molecular weight excluding hydrogens is 382 g/mol. The minimum absolute atomic E-state index is 0.0670. The van der Waals surface area contributed by atoms with E-state index >= 15 is 0 Å². The van der Waals surface area contributed by atoms with E-state index in [-0.39, 0.29) is 11.8 Å². The lowest BCUT2D eigenvalue weighted by atomic mass is 9.78. The number of aromatic nitrogens is 1. The van der Waals surface area contributed by atoms with Crippen LogP contribution in [0.25, 0.3) is 10.2 Å². The molecule has 1 aliphatic rings. The van der Waals surface area contributed by atoms with E-state index in [9.17, 15) is 9.59 Å². The number of benzene rings is 2. The second-order valence-corrected chi connectivity index (χ2v) is 8.86. The van der Waals surface area contributed by atoms with E-state index in [1.54, 1.807) is 23.2 Å². The molecule has 1 fully saturated rings. The van der Waals surface area contributed by atoms with Crippen molar-refractivity contribution in [3.8, 4) is 0 Å². The largest absolute Gasteiger partial charge is 0.339 e.